The smallest absolute Gasteiger partial charge is 0.267 e. The lowest BCUT2D eigenvalue weighted by Gasteiger charge is -2.61. The van der Waals surface area contributed by atoms with Crippen molar-refractivity contribution in [3.05, 3.63) is 45.0 Å². The maximum Gasteiger partial charge on any atom is 0.273 e. The van der Waals surface area contributed by atoms with Crippen LogP contribution < -0.4 is 11.1 Å². The highest BCUT2D eigenvalue weighted by Gasteiger charge is 2.59. The first-order valence-corrected chi connectivity index (χ1v) is 5.94. The summed E-state index contributed by atoms with van der Waals surface area (Å²) in [5.74, 6) is 0.775. The van der Waals surface area contributed by atoms with Crippen LogP contribution in [0.1, 0.15) is 19.3 Å². The summed E-state index contributed by atoms with van der Waals surface area (Å²) in [6.45, 7) is 0. The van der Waals surface area contributed by atoms with Crippen molar-refractivity contribution < 1.29 is 0 Å². The van der Waals surface area contributed by atoms with E-state index < -0.39 is 0 Å². The molecule has 17 heavy (non-hydrogen) atoms. The topological polar surface area (TPSA) is 54.9 Å². The molecule has 1 heterocycles. The molecule has 0 amide bonds. The van der Waals surface area contributed by atoms with E-state index in [0.717, 1.165) is 25.2 Å². The summed E-state index contributed by atoms with van der Waals surface area (Å²) in [5.41, 5.74) is -0.284. The van der Waals surface area contributed by atoms with Crippen LogP contribution >= 0.6 is 0 Å². The Bertz CT molecular complexity index is 724. The van der Waals surface area contributed by atoms with Crippen molar-refractivity contribution in [2.75, 3.05) is 0 Å². The minimum Gasteiger partial charge on any atom is -0.267 e. The van der Waals surface area contributed by atoms with Gasteiger partial charge in [0.15, 0.2) is 0 Å². The predicted molar refractivity (Wildman–Crippen MR) is 64.1 cm³/mol. The Morgan fingerprint density at radius 1 is 1.12 bits per heavy atom. The third-order valence-corrected chi connectivity index (χ3v) is 4.30. The molecular formula is C13H12N2O2. The molecule has 4 heteroatoms. The van der Waals surface area contributed by atoms with Gasteiger partial charge in [0, 0.05) is 0 Å². The van der Waals surface area contributed by atoms with Crippen LogP contribution in [0.5, 0.6) is 0 Å². The van der Waals surface area contributed by atoms with E-state index in [9.17, 15) is 9.59 Å². The summed E-state index contributed by atoms with van der Waals surface area (Å²) in [5, 5.41) is 3.76. The van der Waals surface area contributed by atoms with Gasteiger partial charge in [-0.2, -0.15) is 0 Å². The molecule has 0 aliphatic heterocycles. The van der Waals surface area contributed by atoms with Gasteiger partial charge in [-0.05, 0) is 37.3 Å². The molecule has 3 aliphatic carbocycles. The third-order valence-electron chi connectivity index (χ3n) is 4.30. The summed E-state index contributed by atoms with van der Waals surface area (Å²) < 4.78 is 1.58. The average molecular weight is 228 g/mol. The van der Waals surface area contributed by atoms with Gasteiger partial charge in [-0.15, -0.1) is 0 Å². The van der Waals surface area contributed by atoms with Gasteiger partial charge in [0.1, 0.15) is 0 Å². The maximum absolute atomic E-state index is 12.3. The molecular weight excluding hydrogens is 216 g/mol. The van der Waals surface area contributed by atoms with E-state index in [1.807, 2.05) is 0 Å². The highest BCUT2D eigenvalue weighted by molar-refractivity contribution is 5.80. The molecule has 5 rings (SSSR count). The molecule has 3 saturated carbocycles. The molecule has 2 bridgehead atoms. The van der Waals surface area contributed by atoms with Crippen LogP contribution in [0.15, 0.2) is 33.9 Å². The van der Waals surface area contributed by atoms with Crippen molar-refractivity contribution in [3.8, 4) is 0 Å². The summed E-state index contributed by atoms with van der Waals surface area (Å²) in [6, 6.07) is 7.01. The molecule has 0 spiro atoms. The number of rotatable bonds is 1. The molecule has 2 aromatic rings. The fraction of sp³-hybridized carbons (Fsp3) is 0.385. The molecule has 86 valence electrons. The monoisotopic (exact) mass is 228 g/mol. The number of aromatic amines is 1. The molecule has 1 N–H and O–H groups in total. The van der Waals surface area contributed by atoms with Gasteiger partial charge in [0.2, 0.25) is 0 Å². The third kappa shape index (κ3) is 0.983. The minimum absolute atomic E-state index is 0.0571. The Morgan fingerprint density at radius 3 is 2.35 bits per heavy atom. The van der Waals surface area contributed by atoms with Gasteiger partial charge in [-0.3, -0.25) is 14.7 Å². The Morgan fingerprint density at radius 2 is 1.76 bits per heavy atom. The van der Waals surface area contributed by atoms with E-state index in [4.69, 9.17) is 0 Å². The van der Waals surface area contributed by atoms with Crippen LogP contribution in [0.3, 0.4) is 0 Å². The Balaban J connectivity index is 2.09. The summed E-state index contributed by atoms with van der Waals surface area (Å²) in [4.78, 5) is 24.3. The number of hydrogen-bond donors (Lipinski definition) is 1. The van der Waals surface area contributed by atoms with E-state index in [-0.39, 0.29) is 16.7 Å². The lowest BCUT2D eigenvalue weighted by atomic mass is 9.50. The average Bonchev–Trinajstić information content (AvgIpc) is 2.21. The fourth-order valence-corrected chi connectivity index (χ4v) is 3.24. The lowest BCUT2D eigenvalue weighted by molar-refractivity contribution is -0.101. The number of benzene rings is 1. The molecule has 1 aromatic carbocycles. The van der Waals surface area contributed by atoms with E-state index in [0.29, 0.717) is 10.8 Å². The SMILES string of the molecule is O=c1[nH]n(C23CC(C2)C3)c(=O)c2ccccc12. The zero-order chi connectivity index (χ0) is 11.6. The largest absolute Gasteiger partial charge is 0.273 e. The highest BCUT2D eigenvalue weighted by atomic mass is 16.2. The zero-order valence-corrected chi connectivity index (χ0v) is 9.27. The normalized spacial score (nSPS) is 29.8. The van der Waals surface area contributed by atoms with Crippen molar-refractivity contribution in [3.63, 3.8) is 0 Å². The van der Waals surface area contributed by atoms with Crippen LogP contribution in [-0.4, -0.2) is 9.78 Å². The number of fused-ring (bicyclic) bond motifs is 1. The number of nitrogens with zero attached hydrogens (tertiary/aromatic N) is 1. The number of aromatic nitrogens is 2. The first kappa shape index (κ1) is 9.22. The van der Waals surface area contributed by atoms with E-state index >= 15 is 0 Å². The predicted octanol–water partition coefficient (Wildman–Crippen LogP) is 1.20. The molecule has 0 atom stereocenters. The number of nitrogens with one attached hydrogen (secondary N) is 1. The van der Waals surface area contributed by atoms with Crippen LogP contribution in [-0.2, 0) is 5.54 Å². The Kier molecular flexibility index (Phi) is 1.46. The summed E-state index contributed by atoms with van der Waals surface area (Å²) in [7, 11) is 0. The van der Waals surface area contributed by atoms with Gasteiger partial charge >= 0.3 is 0 Å². The Labute approximate surface area is 96.9 Å². The van der Waals surface area contributed by atoms with Gasteiger partial charge in [-0.1, -0.05) is 12.1 Å². The zero-order valence-electron chi connectivity index (χ0n) is 9.27. The molecule has 3 aliphatic rings. The first-order chi connectivity index (χ1) is 8.20. The quantitative estimate of drug-likeness (QED) is 0.797. The van der Waals surface area contributed by atoms with Gasteiger partial charge in [-0.25, -0.2) is 4.68 Å². The second-order valence-electron chi connectivity index (χ2n) is 5.33. The second-order valence-corrected chi connectivity index (χ2v) is 5.33. The van der Waals surface area contributed by atoms with E-state index in [1.54, 1.807) is 28.9 Å². The lowest BCUT2D eigenvalue weighted by Crippen LogP contribution is -2.63. The van der Waals surface area contributed by atoms with Crippen molar-refractivity contribution in [2.24, 2.45) is 5.92 Å². The maximum atomic E-state index is 12.3. The number of hydrogen-bond acceptors (Lipinski definition) is 2. The molecule has 4 nitrogen and oxygen atoms in total. The van der Waals surface area contributed by atoms with Crippen molar-refractivity contribution in [1.29, 1.82) is 0 Å². The van der Waals surface area contributed by atoms with Crippen LogP contribution in [0, 0.1) is 5.92 Å². The standard InChI is InChI=1S/C13H12N2O2/c16-11-9-3-1-2-4-10(9)12(17)15(14-11)13-5-8(6-13)7-13/h1-4,8H,5-7H2,(H,14,16). The molecule has 0 radical (unpaired) electrons. The second kappa shape index (κ2) is 2.70. The van der Waals surface area contributed by atoms with Gasteiger partial charge in [0.25, 0.3) is 11.1 Å². The van der Waals surface area contributed by atoms with Gasteiger partial charge < -0.3 is 0 Å². The molecule has 3 fully saturated rings. The highest BCUT2D eigenvalue weighted by Crippen LogP contribution is 2.61. The summed E-state index contributed by atoms with van der Waals surface area (Å²) >= 11 is 0. The van der Waals surface area contributed by atoms with E-state index in [1.165, 1.54) is 0 Å². The minimum atomic E-state index is -0.162. The van der Waals surface area contributed by atoms with Crippen molar-refractivity contribution in [1.82, 2.24) is 9.78 Å². The van der Waals surface area contributed by atoms with Crippen LogP contribution in [0.2, 0.25) is 0 Å². The van der Waals surface area contributed by atoms with Crippen molar-refractivity contribution >= 4 is 10.8 Å². The van der Waals surface area contributed by atoms with Crippen LogP contribution in [0.4, 0.5) is 0 Å². The van der Waals surface area contributed by atoms with Gasteiger partial charge in [0.05, 0.1) is 16.3 Å². The molecule has 0 saturated heterocycles. The molecule has 0 unspecified atom stereocenters. The Hall–Kier alpha value is -1.84. The number of H-pyrrole nitrogens is 1. The van der Waals surface area contributed by atoms with E-state index in [2.05, 4.69) is 5.10 Å². The fourth-order valence-electron chi connectivity index (χ4n) is 3.24. The van der Waals surface area contributed by atoms with Crippen molar-refractivity contribution in [2.45, 2.75) is 24.8 Å². The van der Waals surface area contributed by atoms with Crippen LogP contribution in [0.25, 0.3) is 10.8 Å². The first-order valence-electron chi connectivity index (χ1n) is 5.94. The molecule has 1 aromatic heterocycles. The summed E-state index contributed by atoms with van der Waals surface area (Å²) in [6.07, 6.45) is 3.13.